The summed E-state index contributed by atoms with van der Waals surface area (Å²) in [4.78, 5) is 11.9. The van der Waals surface area contributed by atoms with Crippen molar-refractivity contribution in [2.75, 3.05) is 14.2 Å². The van der Waals surface area contributed by atoms with Crippen LogP contribution in [-0.2, 0) is 4.74 Å². The molecule has 3 heteroatoms. The van der Waals surface area contributed by atoms with Crippen molar-refractivity contribution in [1.82, 2.24) is 0 Å². The van der Waals surface area contributed by atoms with Gasteiger partial charge < -0.3 is 9.47 Å². The fourth-order valence-corrected chi connectivity index (χ4v) is 2.88. The van der Waals surface area contributed by atoms with Gasteiger partial charge in [-0.05, 0) is 47.0 Å². The number of rotatable bonds is 3. The molecule has 0 aliphatic heterocycles. The van der Waals surface area contributed by atoms with E-state index in [1.165, 1.54) is 7.11 Å². The fourth-order valence-electron chi connectivity index (χ4n) is 2.88. The maximum atomic E-state index is 11.9. The van der Waals surface area contributed by atoms with Crippen LogP contribution in [0.4, 0.5) is 0 Å². The van der Waals surface area contributed by atoms with Crippen molar-refractivity contribution in [2.24, 2.45) is 0 Å². The second-order valence-electron chi connectivity index (χ2n) is 5.39. The summed E-state index contributed by atoms with van der Waals surface area (Å²) in [6.07, 6.45) is 0. The zero-order valence-corrected chi connectivity index (χ0v) is 13.4. The molecule has 3 rings (SSSR count). The summed E-state index contributed by atoms with van der Waals surface area (Å²) in [6, 6.07) is 17.7. The van der Waals surface area contributed by atoms with Gasteiger partial charge in [0, 0.05) is 5.56 Å². The van der Waals surface area contributed by atoms with Crippen molar-refractivity contribution in [1.29, 1.82) is 0 Å². The Morgan fingerprint density at radius 1 is 0.957 bits per heavy atom. The molecule has 0 heterocycles. The van der Waals surface area contributed by atoms with Gasteiger partial charge in [0.05, 0.1) is 19.8 Å². The van der Waals surface area contributed by atoms with Crippen molar-refractivity contribution in [3.63, 3.8) is 0 Å². The molecule has 0 fully saturated rings. The smallest absolute Gasteiger partial charge is 0.337 e. The van der Waals surface area contributed by atoms with Gasteiger partial charge in [-0.2, -0.15) is 0 Å². The van der Waals surface area contributed by atoms with E-state index in [0.717, 1.165) is 33.2 Å². The number of hydrogen-bond acceptors (Lipinski definition) is 3. The van der Waals surface area contributed by atoms with Gasteiger partial charge in [-0.3, -0.25) is 0 Å². The molecule has 0 saturated carbocycles. The van der Waals surface area contributed by atoms with Crippen molar-refractivity contribution in [3.8, 4) is 16.9 Å². The number of carbonyl (C=O) groups is 1. The maximum Gasteiger partial charge on any atom is 0.337 e. The van der Waals surface area contributed by atoms with Gasteiger partial charge in [0.25, 0.3) is 0 Å². The number of methoxy groups -OCH3 is 2. The van der Waals surface area contributed by atoms with Gasteiger partial charge >= 0.3 is 5.97 Å². The number of ether oxygens (including phenoxy) is 2. The van der Waals surface area contributed by atoms with E-state index in [1.807, 2.05) is 36.4 Å². The van der Waals surface area contributed by atoms with Gasteiger partial charge in [-0.25, -0.2) is 4.79 Å². The molecule has 0 aliphatic carbocycles. The molecule has 0 bridgehead atoms. The van der Waals surface area contributed by atoms with E-state index in [0.29, 0.717) is 5.56 Å². The molecule has 0 aromatic heterocycles. The molecular weight excluding hydrogens is 288 g/mol. The van der Waals surface area contributed by atoms with Crippen LogP contribution in [0.2, 0.25) is 0 Å². The SMILES string of the molecule is COC(=O)c1ccc2ccc(C)c(-c3ccccc3OC)c2c1. The zero-order chi connectivity index (χ0) is 16.4. The monoisotopic (exact) mass is 306 g/mol. The van der Waals surface area contributed by atoms with Gasteiger partial charge in [-0.1, -0.05) is 36.4 Å². The lowest BCUT2D eigenvalue weighted by Gasteiger charge is -2.14. The molecule has 0 atom stereocenters. The average Bonchev–Trinajstić information content (AvgIpc) is 2.60. The van der Waals surface area contributed by atoms with Crippen LogP contribution in [0.25, 0.3) is 21.9 Å². The molecule has 23 heavy (non-hydrogen) atoms. The first-order valence-electron chi connectivity index (χ1n) is 7.40. The van der Waals surface area contributed by atoms with E-state index in [9.17, 15) is 4.79 Å². The maximum absolute atomic E-state index is 11.9. The quantitative estimate of drug-likeness (QED) is 0.663. The molecule has 0 unspecified atom stereocenters. The number of benzene rings is 3. The lowest BCUT2D eigenvalue weighted by Crippen LogP contribution is -2.01. The second kappa shape index (κ2) is 6.13. The van der Waals surface area contributed by atoms with E-state index in [4.69, 9.17) is 9.47 Å². The van der Waals surface area contributed by atoms with Crippen LogP contribution in [0.15, 0.2) is 54.6 Å². The summed E-state index contributed by atoms with van der Waals surface area (Å²) in [5, 5.41) is 2.08. The first-order valence-corrected chi connectivity index (χ1v) is 7.40. The summed E-state index contributed by atoms with van der Waals surface area (Å²) >= 11 is 0. The Balaban J connectivity index is 2.34. The van der Waals surface area contributed by atoms with Gasteiger partial charge in [0.15, 0.2) is 0 Å². The Morgan fingerprint density at radius 2 is 1.70 bits per heavy atom. The molecule has 116 valence electrons. The predicted octanol–water partition coefficient (Wildman–Crippen LogP) is 4.61. The minimum absolute atomic E-state index is 0.334. The minimum atomic E-state index is -0.334. The number of esters is 1. The van der Waals surface area contributed by atoms with Crippen molar-refractivity contribution >= 4 is 16.7 Å². The summed E-state index contributed by atoms with van der Waals surface area (Å²) in [5.74, 6) is 0.478. The van der Waals surface area contributed by atoms with E-state index in [-0.39, 0.29) is 5.97 Å². The van der Waals surface area contributed by atoms with Crippen LogP contribution in [0.5, 0.6) is 5.75 Å². The Morgan fingerprint density at radius 3 is 2.43 bits per heavy atom. The summed E-state index contributed by atoms with van der Waals surface area (Å²) in [5.41, 5.74) is 3.76. The highest BCUT2D eigenvalue weighted by Crippen LogP contribution is 2.37. The van der Waals surface area contributed by atoms with Crippen LogP contribution in [-0.4, -0.2) is 20.2 Å². The number of aryl methyl sites for hydroxylation is 1. The van der Waals surface area contributed by atoms with Crippen molar-refractivity contribution in [2.45, 2.75) is 6.92 Å². The average molecular weight is 306 g/mol. The standard InChI is InChI=1S/C20H18O3/c1-13-8-9-14-10-11-15(20(21)23-3)12-17(14)19(13)16-6-4-5-7-18(16)22-2/h4-12H,1-3H3. The number of carbonyl (C=O) groups excluding carboxylic acids is 1. The molecule has 0 amide bonds. The summed E-state index contributed by atoms with van der Waals surface area (Å²) in [6.45, 7) is 2.06. The molecular formula is C20H18O3. The molecule has 3 nitrogen and oxygen atoms in total. The summed E-state index contributed by atoms with van der Waals surface area (Å²) < 4.78 is 10.4. The lowest BCUT2D eigenvalue weighted by molar-refractivity contribution is 0.0601. The Bertz CT molecular complexity index is 881. The predicted molar refractivity (Wildman–Crippen MR) is 92.0 cm³/mol. The molecule has 0 N–H and O–H groups in total. The Kier molecular flexibility index (Phi) is 4.02. The third kappa shape index (κ3) is 2.66. The van der Waals surface area contributed by atoms with Crippen LogP contribution in [0, 0.1) is 6.92 Å². The normalized spacial score (nSPS) is 10.6. The second-order valence-corrected chi connectivity index (χ2v) is 5.39. The highest BCUT2D eigenvalue weighted by molar-refractivity contribution is 6.03. The van der Waals surface area contributed by atoms with E-state index in [1.54, 1.807) is 13.2 Å². The molecule has 0 saturated heterocycles. The summed E-state index contributed by atoms with van der Waals surface area (Å²) in [7, 11) is 3.06. The van der Waals surface area contributed by atoms with E-state index < -0.39 is 0 Å². The molecule has 0 aliphatic rings. The minimum Gasteiger partial charge on any atom is -0.496 e. The highest BCUT2D eigenvalue weighted by Gasteiger charge is 2.14. The first kappa shape index (κ1) is 15.1. The third-order valence-corrected chi connectivity index (χ3v) is 4.03. The molecule has 3 aromatic carbocycles. The van der Waals surface area contributed by atoms with Crippen LogP contribution >= 0.6 is 0 Å². The van der Waals surface area contributed by atoms with Crippen LogP contribution in [0.1, 0.15) is 15.9 Å². The van der Waals surface area contributed by atoms with Crippen molar-refractivity contribution in [3.05, 3.63) is 65.7 Å². The number of hydrogen-bond donors (Lipinski definition) is 0. The Labute approximate surface area is 135 Å². The zero-order valence-electron chi connectivity index (χ0n) is 13.4. The molecule has 0 radical (unpaired) electrons. The van der Waals surface area contributed by atoms with E-state index >= 15 is 0 Å². The molecule has 3 aromatic rings. The largest absolute Gasteiger partial charge is 0.496 e. The first-order chi connectivity index (χ1) is 11.2. The third-order valence-electron chi connectivity index (χ3n) is 4.03. The van der Waals surface area contributed by atoms with Crippen molar-refractivity contribution < 1.29 is 14.3 Å². The van der Waals surface area contributed by atoms with Gasteiger partial charge in [0.2, 0.25) is 0 Å². The van der Waals surface area contributed by atoms with Gasteiger partial charge in [-0.15, -0.1) is 0 Å². The van der Waals surface area contributed by atoms with Crippen LogP contribution in [0.3, 0.4) is 0 Å². The lowest BCUT2D eigenvalue weighted by atomic mass is 9.92. The topological polar surface area (TPSA) is 35.5 Å². The number of para-hydroxylation sites is 1. The molecule has 0 spiro atoms. The van der Waals surface area contributed by atoms with Crippen LogP contribution < -0.4 is 4.74 Å². The van der Waals surface area contributed by atoms with Gasteiger partial charge in [0.1, 0.15) is 5.75 Å². The fraction of sp³-hybridized carbons (Fsp3) is 0.150. The number of fused-ring (bicyclic) bond motifs is 1. The Hall–Kier alpha value is -2.81. The van der Waals surface area contributed by atoms with E-state index in [2.05, 4.69) is 19.1 Å². The highest BCUT2D eigenvalue weighted by atomic mass is 16.5.